The Balaban J connectivity index is 1.84. The van der Waals surface area contributed by atoms with Crippen LogP contribution in [0.3, 0.4) is 0 Å². The van der Waals surface area contributed by atoms with Crippen molar-refractivity contribution in [2.24, 2.45) is 7.05 Å². The molecule has 1 heterocycles. The molecule has 0 saturated heterocycles. The number of nitrogens with zero attached hydrogens (tertiary/aromatic N) is 3. The summed E-state index contributed by atoms with van der Waals surface area (Å²) >= 11 is 6.17. The van der Waals surface area contributed by atoms with Crippen LogP contribution in [0.4, 0.5) is 0 Å². The number of amides is 1. The third kappa shape index (κ3) is 4.14. The summed E-state index contributed by atoms with van der Waals surface area (Å²) < 4.78 is 28.6. The maximum atomic E-state index is 12.7. The predicted octanol–water partition coefficient (Wildman–Crippen LogP) is 3.19. The third-order valence-electron chi connectivity index (χ3n) is 4.87. The van der Waals surface area contributed by atoms with Crippen LogP contribution in [0.25, 0.3) is 11.0 Å². The molecule has 0 radical (unpaired) electrons. The van der Waals surface area contributed by atoms with Gasteiger partial charge in [-0.3, -0.25) is 4.79 Å². The van der Waals surface area contributed by atoms with E-state index in [1.54, 1.807) is 13.8 Å². The molecule has 1 amide bonds. The van der Waals surface area contributed by atoms with E-state index in [0.29, 0.717) is 5.82 Å². The fourth-order valence-corrected chi connectivity index (χ4v) is 4.49. The quantitative estimate of drug-likeness (QED) is 0.645. The normalized spacial score (nSPS) is 12.1. The van der Waals surface area contributed by atoms with Gasteiger partial charge in [-0.05, 0) is 44.2 Å². The van der Waals surface area contributed by atoms with Crippen molar-refractivity contribution >= 4 is 38.6 Å². The fourth-order valence-electron chi connectivity index (χ4n) is 2.89. The lowest BCUT2D eigenvalue weighted by atomic mass is 10.2. The number of hydrogen-bond donors (Lipinski definition) is 1. The number of carbonyl (C=O) groups excluding carboxylic acids is 1. The summed E-state index contributed by atoms with van der Waals surface area (Å²) in [5.41, 5.74) is 1.89. The Hall–Kier alpha value is -2.42. The van der Waals surface area contributed by atoms with Gasteiger partial charge in [-0.2, -0.15) is 4.31 Å². The van der Waals surface area contributed by atoms with Gasteiger partial charge in [-0.25, -0.2) is 13.4 Å². The van der Waals surface area contributed by atoms with Crippen molar-refractivity contribution in [1.29, 1.82) is 0 Å². The van der Waals surface area contributed by atoms with Gasteiger partial charge in [0.05, 0.1) is 33.1 Å². The van der Waals surface area contributed by atoms with Crippen molar-refractivity contribution in [3.63, 3.8) is 0 Å². The highest BCUT2D eigenvalue weighted by Gasteiger charge is 2.25. The van der Waals surface area contributed by atoms with Gasteiger partial charge in [0.2, 0.25) is 10.0 Å². The molecule has 3 aromatic rings. The highest BCUT2D eigenvalue weighted by atomic mass is 35.5. The summed E-state index contributed by atoms with van der Waals surface area (Å²) in [4.78, 5) is 17.2. The second-order valence-electron chi connectivity index (χ2n) is 7.02. The van der Waals surface area contributed by atoms with Crippen LogP contribution in [0.15, 0.2) is 47.4 Å². The minimum atomic E-state index is -3.72. The maximum absolute atomic E-state index is 12.7. The van der Waals surface area contributed by atoms with Crippen LogP contribution in [0.1, 0.15) is 30.0 Å². The summed E-state index contributed by atoms with van der Waals surface area (Å²) in [5.74, 6) is 0.213. The van der Waals surface area contributed by atoms with Crippen molar-refractivity contribution < 1.29 is 13.2 Å². The molecule has 0 unspecified atom stereocenters. The lowest BCUT2D eigenvalue weighted by Gasteiger charge is -2.21. The van der Waals surface area contributed by atoms with E-state index in [4.69, 9.17) is 11.6 Å². The third-order valence-corrected chi connectivity index (χ3v) is 7.23. The number of fused-ring (bicyclic) bond motifs is 1. The van der Waals surface area contributed by atoms with E-state index in [2.05, 4.69) is 10.3 Å². The van der Waals surface area contributed by atoms with E-state index in [-0.39, 0.29) is 28.1 Å². The minimum Gasteiger partial charge on any atom is -0.345 e. The Morgan fingerprint density at radius 3 is 2.59 bits per heavy atom. The van der Waals surface area contributed by atoms with Crippen molar-refractivity contribution in [1.82, 2.24) is 19.2 Å². The zero-order chi connectivity index (χ0) is 21.3. The average molecular weight is 435 g/mol. The van der Waals surface area contributed by atoms with E-state index in [9.17, 15) is 13.2 Å². The molecule has 7 nitrogen and oxygen atoms in total. The molecule has 0 aliphatic carbocycles. The Morgan fingerprint density at radius 1 is 1.24 bits per heavy atom. The second kappa shape index (κ2) is 8.14. The molecule has 0 fully saturated rings. The molecule has 2 aromatic carbocycles. The van der Waals surface area contributed by atoms with Gasteiger partial charge in [0.15, 0.2) is 0 Å². The first-order valence-electron chi connectivity index (χ1n) is 9.09. The summed E-state index contributed by atoms with van der Waals surface area (Å²) in [6.45, 7) is 3.74. The second-order valence-corrected chi connectivity index (χ2v) is 9.42. The number of hydrogen-bond acceptors (Lipinski definition) is 4. The molecule has 154 valence electrons. The summed E-state index contributed by atoms with van der Waals surface area (Å²) in [7, 11) is -0.350. The van der Waals surface area contributed by atoms with Crippen molar-refractivity contribution in [2.75, 3.05) is 7.05 Å². The van der Waals surface area contributed by atoms with Crippen LogP contribution in [0.2, 0.25) is 5.02 Å². The zero-order valence-electron chi connectivity index (χ0n) is 16.7. The van der Waals surface area contributed by atoms with E-state index in [0.717, 1.165) is 11.0 Å². The number of nitrogens with one attached hydrogen (secondary N) is 1. The number of halogens is 1. The van der Waals surface area contributed by atoms with Gasteiger partial charge in [0, 0.05) is 20.1 Å². The van der Waals surface area contributed by atoms with Crippen LogP contribution in [-0.2, 0) is 23.6 Å². The lowest BCUT2D eigenvalue weighted by Crippen LogP contribution is -2.33. The van der Waals surface area contributed by atoms with Gasteiger partial charge in [0.1, 0.15) is 5.82 Å². The molecule has 0 aliphatic heterocycles. The largest absolute Gasteiger partial charge is 0.345 e. The van der Waals surface area contributed by atoms with Gasteiger partial charge in [-0.1, -0.05) is 23.7 Å². The number of aromatic nitrogens is 2. The van der Waals surface area contributed by atoms with Gasteiger partial charge < -0.3 is 9.88 Å². The molecule has 0 spiro atoms. The Labute approximate surface area is 175 Å². The Morgan fingerprint density at radius 2 is 1.93 bits per heavy atom. The average Bonchev–Trinajstić information content (AvgIpc) is 3.01. The first-order valence-corrected chi connectivity index (χ1v) is 10.9. The first-order chi connectivity index (χ1) is 13.6. The number of para-hydroxylation sites is 2. The summed E-state index contributed by atoms with van der Waals surface area (Å²) in [6.07, 6.45) is 0. The van der Waals surface area contributed by atoms with Crippen LogP contribution in [-0.4, -0.2) is 41.3 Å². The first kappa shape index (κ1) is 21.3. The predicted molar refractivity (Wildman–Crippen MR) is 113 cm³/mol. The molecular formula is C20H23ClN4O3S. The minimum absolute atomic E-state index is 0.0194. The van der Waals surface area contributed by atoms with Gasteiger partial charge in [0.25, 0.3) is 5.91 Å². The fraction of sp³-hybridized carbons (Fsp3) is 0.300. The van der Waals surface area contributed by atoms with Gasteiger partial charge in [-0.15, -0.1) is 0 Å². The lowest BCUT2D eigenvalue weighted by molar-refractivity contribution is 0.0949. The van der Waals surface area contributed by atoms with E-state index in [1.807, 2.05) is 35.9 Å². The van der Waals surface area contributed by atoms with Crippen molar-refractivity contribution in [3.8, 4) is 0 Å². The van der Waals surface area contributed by atoms with E-state index >= 15 is 0 Å². The highest BCUT2D eigenvalue weighted by molar-refractivity contribution is 7.89. The molecule has 0 bridgehead atoms. The number of sulfonamides is 1. The van der Waals surface area contributed by atoms with Crippen LogP contribution >= 0.6 is 11.6 Å². The number of benzene rings is 2. The highest BCUT2D eigenvalue weighted by Crippen LogP contribution is 2.23. The van der Waals surface area contributed by atoms with Gasteiger partial charge >= 0.3 is 0 Å². The Kier molecular flexibility index (Phi) is 5.97. The standard InChI is InChI=1S/C20H23ClN4O3S/c1-13(2)25(4)29(27,28)14-9-10-16(21)15(11-14)20(26)22-12-19-23-17-7-5-6-8-18(17)24(19)3/h5-11,13H,12H2,1-4H3,(H,22,26). The summed E-state index contributed by atoms with van der Waals surface area (Å²) in [6, 6.07) is 11.6. The molecule has 0 aliphatic rings. The molecule has 9 heteroatoms. The van der Waals surface area contributed by atoms with E-state index in [1.165, 1.54) is 29.6 Å². The SMILES string of the molecule is CC(C)N(C)S(=O)(=O)c1ccc(Cl)c(C(=O)NCc2nc3ccccc3n2C)c1. The topological polar surface area (TPSA) is 84.3 Å². The number of aryl methyl sites for hydroxylation is 1. The molecular weight excluding hydrogens is 412 g/mol. The summed E-state index contributed by atoms with van der Waals surface area (Å²) in [5, 5.41) is 2.95. The number of carbonyl (C=O) groups is 1. The molecule has 1 aromatic heterocycles. The molecule has 0 saturated carbocycles. The molecule has 3 rings (SSSR count). The van der Waals surface area contributed by atoms with Crippen molar-refractivity contribution in [3.05, 3.63) is 58.9 Å². The monoisotopic (exact) mass is 434 g/mol. The van der Waals surface area contributed by atoms with Crippen LogP contribution < -0.4 is 5.32 Å². The van der Waals surface area contributed by atoms with Crippen LogP contribution in [0, 0.1) is 0 Å². The smallest absolute Gasteiger partial charge is 0.253 e. The van der Waals surface area contributed by atoms with Crippen molar-refractivity contribution in [2.45, 2.75) is 31.3 Å². The van der Waals surface area contributed by atoms with E-state index < -0.39 is 15.9 Å². The Bertz CT molecular complexity index is 1170. The van der Waals surface area contributed by atoms with Crippen LogP contribution in [0.5, 0.6) is 0 Å². The number of imidazole rings is 1. The number of rotatable bonds is 6. The molecule has 1 N–H and O–H groups in total. The zero-order valence-corrected chi connectivity index (χ0v) is 18.3. The maximum Gasteiger partial charge on any atom is 0.253 e. The molecule has 0 atom stereocenters. The molecule has 29 heavy (non-hydrogen) atoms.